The maximum absolute atomic E-state index is 12.3. The summed E-state index contributed by atoms with van der Waals surface area (Å²) in [6.07, 6.45) is 1.01. The number of benzene rings is 1. The van der Waals surface area contributed by atoms with Gasteiger partial charge in [0, 0.05) is 32.6 Å². The lowest BCUT2D eigenvalue weighted by Crippen LogP contribution is -2.36. The van der Waals surface area contributed by atoms with E-state index in [0.29, 0.717) is 37.0 Å². The number of sulfone groups is 1. The standard InChI is InChI=1S/C16H22N4O4S.CH2O2/c1-19(13-6-8-25(22,23)11-13)7-5-16(21)20(2)10-12-3-4-14-15(9-12)18-24-17-14;2-1-3/h3-4,9,13H,5-8,10-11H2,1-2H3;1H,(H,2,3). The largest absolute Gasteiger partial charge is 0.483 e. The molecule has 11 heteroatoms. The van der Waals surface area contributed by atoms with Crippen molar-refractivity contribution in [2.75, 3.05) is 32.1 Å². The van der Waals surface area contributed by atoms with E-state index in [1.807, 2.05) is 30.1 Å². The first kappa shape index (κ1) is 21.8. The number of carbonyl (C=O) groups is 2. The first-order chi connectivity index (χ1) is 13.3. The Morgan fingerprint density at radius 3 is 2.64 bits per heavy atom. The van der Waals surface area contributed by atoms with Gasteiger partial charge in [0.1, 0.15) is 11.0 Å². The molecular formula is C17H24N4O6S. The minimum atomic E-state index is -2.90. The first-order valence-electron chi connectivity index (χ1n) is 8.69. The Morgan fingerprint density at radius 2 is 2.00 bits per heavy atom. The fourth-order valence-electron chi connectivity index (χ4n) is 3.06. The second-order valence-electron chi connectivity index (χ2n) is 6.73. The highest BCUT2D eigenvalue weighted by Gasteiger charge is 2.30. The molecule has 1 amide bonds. The molecule has 0 radical (unpaired) electrons. The van der Waals surface area contributed by atoms with Gasteiger partial charge in [-0.3, -0.25) is 9.59 Å². The Hall–Kier alpha value is -2.53. The molecule has 1 aromatic heterocycles. The molecular weight excluding hydrogens is 388 g/mol. The number of fused-ring (bicyclic) bond motifs is 1. The zero-order valence-corrected chi connectivity index (χ0v) is 16.6. The third-order valence-electron chi connectivity index (χ3n) is 4.67. The van der Waals surface area contributed by atoms with Crippen LogP contribution in [0.3, 0.4) is 0 Å². The molecule has 1 fully saturated rings. The summed E-state index contributed by atoms with van der Waals surface area (Å²) in [7, 11) is 0.732. The van der Waals surface area contributed by atoms with Crippen molar-refractivity contribution in [3.8, 4) is 0 Å². The molecule has 1 unspecified atom stereocenters. The summed E-state index contributed by atoms with van der Waals surface area (Å²) in [4.78, 5) is 24.3. The Labute approximate surface area is 163 Å². The van der Waals surface area contributed by atoms with Crippen LogP contribution in [-0.4, -0.2) is 84.2 Å². The maximum atomic E-state index is 12.3. The Kier molecular flexibility index (Phi) is 7.46. The normalized spacial score (nSPS) is 17.9. The highest BCUT2D eigenvalue weighted by molar-refractivity contribution is 7.91. The molecule has 0 aliphatic carbocycles. The lowest BCUT2D eigenvalue weighted by atomic mass is 10.2. The van der Waals surface area contributed by atoms with Crippen molar-refractivity contribution in [3.63, 3.8) is 0 Å². The molecule has 1 aliphatic rings. The molecule has 1 aliphatic heterocycles. The molecule has 0 spiro atoms. The van der Waals surface area contributed by atoms with Gasteiger partial charge in [0.25, 0.3) is 6.47 Å². The third-order valence-corrected chi connectivity index (χ3v) is 6.42. The quantitative estimate of drug-likeness (QED) is 0.669. The van der Waals surface area contributed by atoms with Crippen LogP contribution >= 0.6 is 0 Å². The molecule has 2 heterocycles. The fourth-order valence-corrected chi connectivity index (χ4v) is 4.86. The third kappa shape index (κ3) is 5.99. The lowest BCUT2D eigenvalue weighted by Gasteiger charge is -2.24. The summed E-state index contributed by atoms with van der Waals surface area (Å²) in [6.45, 7) is 0.777. The van der Waals surface area contributed by atoms with Gasteiger partial charge in [-0.1, -0.05) is 6.07 Å². The predicted octanol–water partition coefficient (Wildman–Crippen LogP) is 0.391. The van der Waals surface area contributed by atoms with Crippen LogP contribution in [0.4, 0.5) is 0 Å². The number of aromatic nitrogens is 2. The van der Waals surface area contributed by atoms with Gasteiger partial charge in [-0.2, -0.15) is 0 Å². The molecule has 0 saturated carbocycles. The van der Waals surface area contributed by atoms with E-state index >= 15 is 0 Å². The second kappa shape index (κ2) is 9.60. The van der Waals surface area contributed by atoms with Crippen molar-refractivity contribution >= 4 is 33.3 Å². The topological polar surface area (TPSA) is 134 Å². The predicted molar refractivity (Wildman–Crippen MR) is 101 cm³/mol. The smallest absolute Gasteiger partial charge is 0.290 e. The fraction of sp³-hybridized carbons (Fsp3) is 0.529. The summed E-state index contributed by atoms with van der Waals surface area (Å²) in [5, 5.41) is 14.4. The number of rotatable bonds is 6. The average molecular weight is 412 g/mol. The Balaban J connectivity index is 0.000000878. The molecule has 28 heavy (non-hydrogen) atoms. The number of hydrogen-bond donors (Lipinski definition) is 1. The summed E-state index contributed by atoms with van der Waals surface area (Å²) >= 11 is 0. The number of carboxylic acid groups (broad SMARTS) is 1. The van der Waals surface area contributed by atoms with Crippen LogP contribution in [0.25, 0.3) is 11.0 Å². The van der Waals surface area contributed by atoms with Gasteiger partial charge in [0.05, 0.1) is 11.5 Å². The molecule has 1 atom stereocenters. The Bertz CT molecular complexity index is 913. The van der Waals surface area contributed by atoms with Gasteiger partial charge < -0.3 is 14.9 Å². The van der Waals surface area contributed by atoms with Crippen LogP contribution in [-0.2, 0) is 26.0 Å². The molecule has 1 saturated heterocycles. The van der Waals surface area contributed by atoms with Crippen LogP contribution < -0.4 is 0 Å². The van der Waals surface area contributed by atoms with Crippen LogP contribution in [0.5, 0.6) is 0 Å². The van der Waals surface area contributed by atoms with E-state index in [1.54, 1.807) is 11.9 Å². The van der Waals surface area contributed by atoms with Crippen LogP contribution in [0.2, 0.25) is 0 Å². The minimum Gasteiger partial charge on any atom is -0.483 e. The summed E-state index contributed by atoms with van der Waals surface area (Å²) in [5.74, 6) is 0.459. The van der Waals surface area contributed by atoms with E-state index in [-0.39, 0.29) is 29.9 Å². The number of carbonyl (C=O) groups excluding carboxylic acids is 1. The van der Waals surface area contributed by atoms with Gasteiger partial charge in [0.15, 0.2) is 9.84 Å². The van der Waals surface area contributed by atoms with Crippen molar-refractivity contribution < 1.29 is 27.7 Å². The molecule has 10 nitrogen and oxygen atoms in total. The van der Waals surface area contributed by atoms with Gasteiger partial charge >= 0.3 is 0 Å². The first-order valence-corrected chi connectivity index (χ1v) is 10.5. The van der Waals surface area contributed by atoms with Crippen molar-refractivity contribution in [3.05, 3.63) is 23.8 Å². The van der Waals surface area contributed by atoms with Crippen molar-refractivity contribution in [2.45, 2.75) is 25.4 Å². The number of amides is 1. The zero-order valence-electron chi connectivity index (χ0n) is 15.8. The molecule has 1 aromatic carbocycles. The van der Waals surface area contributed by atoms with Crippen molar-refractivity contribution in [1.82, 2.24) is 20.1 Å². The van der Waals surface area contributed by atoms with Crippen LogP contribution in [0, 0.1) is 0 Å². The summed E-state index contributed by atoms with van der Waals surface area (Å²) in [5.41, 5.74) is 2.31. The summed E-state index contributed by atoms with van der Waals surface area (Å²) in [6, 6.07) is 5.58. The van der Waals surface area contributed by atoms with E-state index in [9.17, 15) is 13.2 Å². The van der Waals surface area contributed by atoms with Crippen molar-refractivity contribution in [1.29, 1.82) is 0 Å². The van der Waals surface area contributed by atoms with Gasteiger partial charge in [-0.25, -0.2) is 13.0 Å². The van der Waals surface area contributed by atoms with E-state index in [0.717, 1.165) is 5.56 Å². The maximum Gasteiger partial charge on any atom is 0.290 e. The van der Waals surface area contributed by atoms with Gasteiger partial charge in [-0.15, -0.1) is 0 Å². The lowest BCUT2D eigenvalue weighted by molar-refractivity contribution is -0.130. The van der Waals surface area contributed by atoms with Gasteiger partial charge in [-0.05, 0) is 41.5 Å². The molecule has 0 bridgehead atoms. The molecule has 3 rings (SSSR count). The highest BCUT2D eigenvalue weighted by atomic mass is 32.2. The highest BCUT2D eigenvalue weighted by Crippen LogP contribution is 2.17. The molecule has 154 valence electrons. The van der Waals surface area contributed by atoms with E-state index in [4.69, 9.17) is 9.90 Å². The van der Waals surface area contributed by atoms with E-state index in [2.05, 4.69) is 14.9 Å². The summed E-state index contributed by atoms with van der Waals surface area (Å²) < 4.78 is 27.8. The molecule has 2 aromatic rings. The minimum absolute atomic E-state index is 0.0187. The van der Waals surface area contributed by atoms with Crippen molar-refractivity contribution in [2.24, 2.45) is 0 Å². The van der Waals surface area contributed by atoms with Crippen LogP contribution in [0.15, 0.2) is 22.8 Å². The number of nitrogens with zero attached hydrogens (tertiary/aromatic N) is 4. The van der Waals surface area contributed by atoms with Crippen LogP contribution in [0.1, 0.15) is 18.4 Å². The SMILES string of the molecule is CN(Cc1ccc2nonc2c1)C(=O)CCN(C)C1CCS(=O)(=O)C1.O=CO. The zero-order chi connectivity index (χ0) is 20.7. The van der Waals surface area contributed by atoms with Gasteiger partial charge in [0.2, 0.25) is 5.91 Å². The van der Waals surface area contributed by atoms with E-state index in [1.165, 1.54) is 0 Å². The monoisotopic (exact) mass is 412 g/mol. The second-order valence-corrected chi connectivity index (χ2v) is 8.96. The average Bonchev–Trinajstić information content (AvgIpc) is 3.25. The number of hydrogen-bond acceptors (Lipinski definition) is 8. The molecule has 1 N–H and O–H groups in total. The Morgan fingerprint density at radius 1 is 1.32 bits per heavy atom. The van der Waals surface area contributed by atoms with E-state index < -0.39 is 9.84 Å².